The number of carbonyl (C=O) groups is 1. The summed E-state index contributed by atoms with van der Waals surface area (Å²) in [6.45, 7) is -0.370. The highest BCUT2D eigenvalue weighted by Crippen LogP contribution is 2.33. The van der Waals surface area contributed by atoms with Crippen LogP contribution in [0.3, 0.4) is 0 Å². The minimum atomic E-state index is -4.08. The molecule has 0 aliphatic heterocycles. The van der Waals surface area contributed by atoms with Gasteiger partial charge in [0, 0.05) is 32.5 Å². The number of hydrogen-bond acceptors (Lipinski definition) is 6. The Labute approximate surface area is 189 Å². The van der Waals surface area contributed by atoms with Gasteiger partial charge in [0.05, 0.1) is 11.4 Å². The molecule has 10 heteroatoms. The van der Waals surface area contributed by atoms with Gasteiger partial charge in [0.2, 0.25) is 0 Å². The van der Waals surface area contributed by atoms with Gasteiger partial charge in [0.1, 0.15) is 6.10 Å². The van der Waals surface area contributed by atoms with E-state index >= 15 is 0 Å². The van der Waals surface area contributed by atoms with Crippen molar-refractivity contribution in [1.29, 1.82) is 0 Å². The molecule has 0 spiro atoms. The standard InChI is InChI=1S/C21H19Cl2N3O4S/c22-13-8-9-19(17(10-13)21(28)16-6-1-2-7-18(16)23)25-12-20(27)26-31(29,30)15-5-3-4-14(24)11-15/h1-11,21,25,28H,12,24H2,(H,26,27). The van der Waals surface area contributed by atoms with Gasteiger partial charge in [-0.1, -0.05) is 47.5 Å². The summed E-state index contributed by atoms with van der Waals surface area (Å²) < 4.78 is 26.7. The van der Waals surface area contributed by atoms with E-state index in [1.807, 2.05) is 4.72 Å². The van der Waals surface area contributed by atoms with Crippen molar-refractivity contribution in [2.24, 2.45) is 0 Å². The normalized spacial score (nSPS) is 12.2. The van der Waals surface area contributed by atoms with E-state index in [9.17, 15) is 18.3 Å². The monoisotopic (exact) mass is 479 g/mol. The third-order valence-electron chi connectivity index (χ3n) is 4.36. The molecule has 0 bridgehead atoms. The summed E-state index contributed by atoms with van der Waals surface area (Å²) in [4.78, 5) is 12.1. The molecular formula is C21H19Cl2N3O4S. The molecule has 0 radical (unpaired) electrons. The van der Waals surface area contributed by atoms with E-state index in [0.29, 0.717) is 26.9 Å². The Morgan fingerprint density at radius 1 is 1.00 bits per heavy atom. The highest BCUT2D eigenvalue weighted by atomic mass is 35.5. The second-order valence-electron chi connectivity index (χ2n) is 6.61. The molecule has 3 aromatic carbocycles. The predicted octanol–water partition coefficient (Wildman–Crippen LogP) is 3.57. The van der Waals surface area contributed by atoms with E-state index in [1.165, 1.54) is 24.3 Å². The van der Waals surface area contributed by atoms with Gasteiger partial charge in [0.15, 0.2) is 0 Å². The number of hydrogen-bond donors (Lipinski definition) is 4. The quantitative estimate of drug-likeness (QED) is 0.384. The van der Waals surface area contributed by atoms with Crippen molar-refractivity contribution in [1.82, 2.24) is 4.72 Å². The predicted molar refractivity (Wildman–Crippen MR) is 122 cm³/mol. The number of rotatable bonds is 7. The first-order valence-corrected chi connectivity index (χ1v) is 11.3. The van der Waals surface area contributed by atoms with Crippen molar-refractivity contribution in [2.45, 2.75) is 11.0 Å². The number of sulfonamides is 1. The number of carbonyl (C=O) groups excluding carboxylic acids is 1. The lowest BCUT2D eigenvalue weighted by Gasteiger charge is -2.18. The van der Waals surface area contributed by atoms with Gasteiger partial charge in [-0.05, 0) is 42.5 Å². The summed E-state index contributed by atoms with van der Waals surface area (Å²) >= 11 is 12.3. The molecule has 31 heavy (non-hydrogen) atoms. The average Bonchev–Trinajstić information content (AvgIpc) is 2.72. The van der Waals surface area contributed by atoms with Crippen molar-refractivity contribution in [3.05, 3.63) is 87.9 Å². The van der Waals surface area contributed by atoms with Crippen LogP contribution in [0.2, 0.25) is 10.0 Å². The molecular weight excluding hydrogens is 461 g/mol. The van der Waals surface area contributed by atoms with Crippen LogP contribution in [-0.2, 0) is 14.8 Å². The average molecular weight is 480 g/mol. The minimum Gasteiger partial charge on any atom is -0.399 e. The molecule has 3 aromatic rings. The Morgan fingerprint density at radius 3 is 2.45 bits per heavy atom. The van der Waals surface area contributed by atoms with E-state index in [1.54, 1.807) is 42.5 Å². The zero-order valence-electron chi connectivity index (χ0n) is 16.0. The first-order chi connectivity index (χ1) is 14.7. The van der Waals surface area contributed by atoms with Crippen LogP contribution < -0.4 is 15.8 Å². The summed E-state index contributed by atoms with van der Waals surface area (Å²) in [6.07, 6.45) is -1.12. The van der Waals surface area contributed by atoms with Gasteiger partial charge in [-0.3, -0.25) is 4.79 Å². The number of anilines is 2. The van der Waals surface area contributed by atoms with Crippen LogP contribution in [0.15, 0.2) is 71.6 Å². The van der Waals surface area contributed by atoms with Crippen LogP contribution in [0.5, 0.6) is 0 Å². The van der Waals surface area contributed by atoms with Crippen molar-refractivity contribution in [3.63, 3.8) is 0 Å². The highest BCUT2D eigenvalue weighted by Gasteiger charge is 2.20. The molecule has 162 valence electrons. The molecule has 1 amide bonds. The number of benzene rings is 3. The number of aliphatic hydroxyl groups excluding tert-OH is 1. The molecule has 0 aliphatic rings. The zero-order chi connectivity index (χ0) is 22.6. The number of nitrogen functional groups attached to an aromatic ring is 1. The van der Waals surface area contributed by atoms with Crippen LogP contribution in [0.1, 0.15) is 17.2 Å². The van der Waals surface area contributed by atoms with Gasteiger partial charge in [-0.25, -0.2) is 13.1 Å². The maximum atomic E-state index is 12.4. The molecule has 0 saturated heterocycles. The van der Waals surface area contributed by atoms with E-state index in [-0.39, 0.29) is 17.1 Å². The molecule has 0 aliphatic carbocycles. The molecule has 3 rings (SSSR count). The van der Waals surface area contributed by atoms with E-state index in [0.717, 1.165) is 0 Å². The molecule has 1 unspecified atom stereocenters. The Kier molecular flexibility index (Phi) is 7.07. The number of nitrogens with one attached hydrogen (secondary N) is 2. The SMILES string of the molecule is Nc1cccc(S(=O)(=O)NC(=O)CNc2ccc(Cl)cc2C(O)c2ccccc2Cl)c1. The van der Waals surface area contributed by atoms with Crippen LogP contribution in [0, 0.1) is 0 Å². The third kappa shape index (κ3) is 5.68. The van der Waals surface area contributed by atoms with Crippen molar-refractivity contribution in [3.8, 4) is 0 Å². The Hall–Kier alpha value is -2.78. The number of nitrogens with two attached hydrogens (primary N) is 1. The van der Waals surface area contributed by atoms with E-state index < -0.39 is 22.0 Å². The van der Waals surface area contributed by atoms with Gasteiger partial charge >= 0.3 is 0 Å². The van der Waals surface area contributed by atoms with Crippen molar-refractivity contribution in [2.75, 3.05) is 17.6 Å². The Balaban J connectivity index is 1.76. The lowest BCUT2D eigenvalue weighted by molar-refractivity contribution is -0.117. The molecule has 5 N–H and O–H groups in total. The van der Waals surface area contributed by atoms with Crippen LogP contribution >= 0.6 is 23.2 Å². The first-order valence-electron chi connectivity index (χ1n) is 9.04. The lowest BCUT2D eigenvalue weighted by atomic mass is 9.99. The fourth-order valence-electron chi connectivity index (χ4n) is 2.89. The van der Waals surface area contributed by atoms with Crippen LogP contribution in [-0.4, -0.2) is 26.0 Å². The van der Waals surface area contributed by atoms with Crippen molar-refractivity contribution < 1.29 is 18.3 Å². The number of amides is 1. The summed E-state index contributed by atoms with van der Waals surface area (Å²) in [5.41, 5.74) is 7.10. The summed E-state index contributed by atoms with van der Waals surface area (Å²) in [5.74, 6) is -0.796. The van der Waals surface area contributed by atoms with Crippen molar-refractivity contribution >= 4 is 50.5 Å². The second-order valence-corrected chi connectivity index (χ2v) is 9.14. The maximum absolute atomic E-state index is 12.4. The summed E-state index contributed by atoms with van der Waals surface area (Å²) in [5, 5.41) is 14.4. The van der Waals surface area contributed by atoms with Gasteiger partial charge < -0.3 is 16.2 Å². The van der Waals surface area contributed by atoms with Gasteiger partial charge in [-0.15, -0.1) is 0 Å². The largest absolute Gasteiger partial charge is 0.399 e. The van der Waals surface area contributed by atoms with E-state index in [2.05, 4.69) is 5.32 Å². The first kappa shape index (κ1) is 22.9. The van der Waals surface area contributed by atoms with Crippen LogP contribution in [0.25, 0.3) is 0 Å². The highest BCUT2D eigenvalue weighted by molar-refractivity contribution is 7.90. The van der Waals surface area contributed by atoms with E-state index in [4.69, 9.17) is 28.9 Å². The smallest absolute Gasteiger partial charge is 0.264 e. The fraction of sp³-hybridized carbons (Fsp3) is 0.0952. The van der Waals surface area contributed by atoms with Gasteiger partial charge in [-0.2, -0.15) is 0 Å². The summed E-state index contributed by atoms with van der Waals surface area (Å²) in [6, 6.07) is 17.1. The summed E-state index contributed by atoms with van der Waals surface area (Å²) in [7, 11) is -4.08. The topological polar surface area (TPSA) is 122 Å². The molecule has 7 nitrogen and oxygen atoms in total. The molecule has 1 atom stereocenters. The number of aliphatic hydroxyl groups is 1. The Bertz CT molecular complexity index is 1220. The molecule has 0 aromatic heterocycles. The molecule has 0 heterocycles. The number of halogens is 2. The fourth-order valence-corrected chi connectivity index (χ4v) is 4.35. The maximum Gasteiger partial charge on any atom is 0.264 e. The minimum absolute atomic E-state index is 0.123. The molecule has 0 fully saturated rings. The molecule has 0 saturated carbocycles. The van der Waals surface area contributed by atoms with Gasteiger partial charge in [0.25, 0.3) is 15.9 Å². The lowest BCUT2D eigenvalue weighted by Crippen LogP contribution is -2.35. The van der Waals surface area contributed by atoms with Crippen LogP contribution in [0.4, 0.5) is 11.4 Å². The Morgan fingerprint density at radius 2 is 1.74 bits per heavy atom. The third-order valence-corrected chi connectivity index (χ3v) is 6.31. The second kappa shape index (κ2) is 9.57. The zero-order valence-corrected chi connectivity index (χ0v) is 18.4.